The molecule has 0 aromatic heterocycles. The zero-order valence-corrected chi connectivity index (χ0v) is 24.3. The minimum absolute atomic E-state index is 0.127. The molecule has 1 saturated heterocycles. The van der Waals surface area contributed by atoms with Crippen molar-refractivity contribution in [2.45, 2.75) is 59.4 Å². The summed E-state index contributed by atoms with van der Waals surface area (Å²) < 4.78 is 6.08. The molecule has 0 saturated carbocycles. The molecule has 5 rings (SSSR count). The van der Waals surface area contributed by atoms with Gasteiger partial charge in [0.05, 0.1) is 0 Å². The number of benzene rings is 3. The molecule has 212 valence electrons. The lowest BCUT2D eigenvalue weighted by atomic mass is 9.70. The first kappa shape index (κ1) is 28.1. The Hall–Kier alpha value is -3.44. The number of nitrogens with zero attached hydrogens (tertiary/aromatic N) is 2. The lowest BCUT2D eigenvalue weighted by Crippen LogP contribution is -2.29. The second kappa shape index (κ2) is 12.4. The fraction of sp³-hybridized carbons (Fsp3) is 0.429. The predicted octanol–water partition coefficient (Wildman–Crippen LogP) is 7.50. The summed E-state index contributed by atoms with van der Waals surface area (Å²) >= 11 is 0. The Labute approximate surface area is 239 Å². The van der Waals surface area contributed by atoms with Crippen LogP contribution in [0.5, 0.6) is 17.2 Å². The van der Waals surface area contributed by atoms with Crippen molar-refractivity contribution >= 4 is 17.3 Å². The van der Waals surface area contributed by atoms with Gasteiger partial charge < -0.3 is 19.8 Å². The number of anilines is 1. The predicted molar refractivity (Wildman–Crippen MR) is 165 cm³/mol. The number of fused-ring (bicyclic) bond motifs is 1. The largest absolute Gasteiger partial charge is 0.508 e. The molecule has 5 nitrogen and oxygen atoms in total. The number of rotatable bonds is 9. The molecule has 1 heterocycles. The number of hydrogen-bond acceptors (Lipinski definition) is 5. The standard InChI is InChI=1S/C35H44N2O3/c1-4-37(25-26-9-14-31(15-10-26)40-20-19-36-17-7-5-6-8-18-36)34-23-30(39)13-16-32(34)33-22-27-11-12-29(38)21-28(27)24-35(33,2)3/h9-16,21-23,38-39H,4-8,17-20,24-25H2,1-3H3. The van der Waals surface area contributed by atoms with Crippen molar-refractivity contribution < 1.29 is 14.9 Å². The Kier molecular flexibility index (Phi) is 8.70. The maximum Gasteiger partial charge on any atom is 0.119 e. The van der Waals surface area contributed by atoms with Crippen LogP contribution in [0.4, 0.5) is 5.69 Å². The molecule has 0 bridgehead atoms. The highest BCUT2D eigenvalue weighted by Gasteiger charge is 2.32. The Morgan fingerprint density at radius 1 is 0.875 bits per heavy atom. The van der Waals surface area contributed by atoms with Crippen LogP contribution in [0.3, 0.4) is 0 Å². The van der Waals surface area contributed by atoms with Gasteiger partial charge in [-0.15, -0.1) is 0 Å². The van der Waals surface area contributed by atoms with Gasteiger partial charge in [-0.2, -0.15) is 0 Å². The lowest BCUT2D eigenvalue weighted by Gasteiger charge is -2.36. The van der Waals surface area contributed by atoms with Gasteiger partial charge in [0.1, 0.15) is 23.9 Å². The molecule has 2 aliphatic rings. The average Bonchev–Trinajstić information content (AvgIpc) is 3.21. The third kappa shape index (κ3) is 6.64. The monoisotopic (exact) mass is 540 g/mol. The molecule has 0 unspecified atom stereocenters. The summed E-state index contributed by atoms with van der Waals surface area (Å²) in [5, 5.41) is 20.5. The molecule has 2 N–H and O–H groups in total. The second-order valence-corrected chi connectivity index (χ2v) is 12.0. The summed E-state index contributed by atoms with van der Waals surface area (Å²) in [6, 6.07) is 19.8. The Balaban J connectivity index is 1.32. The van der Waals surface area contributed by atoms with E-state index >= 15 is 0 Å². The van der Waals surface area contributed by atoms with E-state index in [4.69, 9.17) is 4.74 Å². The van der Waals surface area contributed by atoms with Crippen LogP contribution in [-0.2, 0) is 13.0 Å². The molecule has 1 fully saturated rings. The molecule has 0 spiro atoms. The molecular formula is C35H44N2O3. The molecular weight excluding hydrogens is 496 g/mol. The Morgan fingerprint density at radius 3 is 2.30 bits per heavy atom. The Bertz CT molecular complexity index is 1320. The molecule has 5 heteroatoms. The first-order chi connectivity index (χ1) is 19.3. The molecule has 0 atom stereocenters. The van der Waals surface area contributed by atoms with Gasteiger partial charge in [-0.05, 0) is 103 Å². The summed E-state index contributed by atoms with van der Waals surface area (Å²) in [4.78, 5) is 4.85. The van der Waals surface area contributed by atoms with Gasteiger partial charge in [-0.3, -0.25) is 4.90 Å². The summed E-state index contributed by atoms with van der Waals surface area (Å²) in [5.74, 6) is 1.49. The topological polar surface area (TPSA) is 56.2 Å². The summed E-state index contributed by atoms with van der Waals surface area (Å²) in [6.45, 7) is 12.3. The van der Waals surface area contributed by atoms with Crippen LogP contribution in [0.25, 0.3) is 11.6 Å². The molecule has 0 radical (unpaired) electrons. The fourth-order valence-electron chi connectivity index (χ4n) is 6.19. The number of allylic oxidation sites excluding steroid dienone is 1. The van der Waals surface area contributed by atoms with E-state index in [1.54, 1.807) is 12.1 Å². The molecule has 0 amide bonds. The van der Waals surface area contributed by atoms with Crippen molar-refractivity contribution in [3.05, 3.63) is 82.9 Å². The SMILES string of the molecule is CCN(Cc1ccc(OCCN2CCCCCC2)cc1)c1cc(O)ccc1C1=Cc2ccc(O)cc2CC1(C)C. The van der Waals surface area contributed by atoms with E-state index in [1.165, 1.54) is 49.9 Å². The van der Waals surface area contributed by atoms with Crippen LogP contribution < -0.4 is 9.64 Å². The third-order valence-corrected chi connectivity index (χ3v) is 8.45. The minimum Gasteiger partial charge on any atom is -0.508 e. The van der Waals surface area contributed by atoms with Gasteiger partial charge in [0, 0.05) is 37.0 Å². The van der Waals surface area contributed by atoms with E-state index in [9.17, 15) is 10.2 Å². The van der Waals surface area contributed by atoms with Crippen molar-refractivity contribution in [1.82, 2.24) is 4.90 Å². The van der Waals surface area contributed by atoms with Crippen molar-refractivity contribution in [3.63, 3.8) is 0 Å². The van der Waals surface area contributed by atoms with Crippen LogP contribution in [0.15, 0.2) is 60.7 Å². The summed E-state index contributed by atoms with van der Waals surface area (Å²) in [7, 11) is 0. The number of ether oxygens (including phenoxy) is 1. The lowest BCUT2D eigenvalue weighted by molar-refractivity contribution is 0.214. The molecule has 3 aromatic carbocycles. The van der Waals surface area contributed by atoms with Crippen LogP contribution in [-0.4, -0.2) is 47.9 Å². The van der Waals surface area contributed by atoms with Gasteiger partial charge in [0.15, 0.2) is 0 Å². The zero-order valence-electron chi connectivity index (χ0n) is 24.3. The highest BCUT2D eigenvalue weighted by atomic mass is 16.5. The van der Waals surface area contributed by atoms with Gasteiger partial charge in [0.2, 0.25) is 0 Å². The maximum absolute atomic E-state index is 10.5. The minimum atomic E-state index is -0.127. The highest BCUT2D eigenvalue weighted by molar-refractivity contribution is 5.92. The van der Waals surface area contributed by atoms with E-state index in [0.717, 1.165) is 60.8 Å². The molecule has 3 aromatic rings. The number of phenols is 2. The van der Waals surface area contributed by atoms with E-state index in [2.05, 4.69) is 60.9 Å². The van der Waals surface area contributed by atoms with E-state index in [-0.39, 0.29) is 11.2 Å². The van der Waals surface area contributed by atoms with Crippen LogP contribution in [0.1, 0.15) is 68.7 Å². The maximum atomic E-state index is 10.5. The van der Waals surface area contributed by atoms with E-state index in [1.807, 2.05) is 24.3 Å². The van der Waals surface area contributed by atoms with E-state index < -0.39 is 0 Å². The smallest absolute Gasteiger partial charge is 0.119 e. The van der Waals surface area contributed by atoms with Crippen molar-refractivity contribution in [1.29, 1.82) is 0 Å². The molecule has 40 heavy (non-hydrogen) atoms. The fourth-order valence-corrected chi connectivity index (χ4v) is 6.19. The summed E-state index contributed by atoms with van der Waals surface area (Å²) in [6.07, 6.45) is 8.40. The quantitative estimate of drug-likeness (QED) is 0.294. The van der Waals surface area contributed by atoms with Crippen molar-refractivity contribution in [2.75, 3.05) is 37.7 Å². The summed E-state index contributed by atoms with van der Waals surface area (Å²) in [5.41, 5.74) is 6.79. The van der Waals surface area contributed by atoms with E-state index in [0.29, 0.717) is 5.75 Å². The molecule has 1 aliphatic heterocycles. The second-order valence-electron chi connectivity index (χ2n) is 12.0. The van der Waals surface area contributed by atoms with Gasteiger partial charge >= 0.3 is 0 Å². The number of likely N-dealkylation sites (tertiary alicyclic amines) is 1. The van der Waals surface area contributed by atoms with Gasteiger partial charge in [-0.1, -0.05) is 51.0 Å². The number of aromatic hydroxyl groups is 2. The zero-order chi connectivity index (χ0) is 28.1. The normalized spacial score (nSPS) is 17.0. The Morgan fingerprint density at radius 2 is 1.57 bits per heavy atom. The number of phenolic OH excluding ortho intramolecular Hbond substituents is 2. The molecule has 1 aliphatic carbocycles. The van der Waals surface area contributed by atoms with Gasteiger partial charge in [0.25, 0.3) is 0 Å². The number of hydrogen-bond donors (Lipinski definition) is 2. The van der Waals surface area contributed by atoms with Crippen molar-refractivity contribution in [2.24, 2.45) is 5.41 Å². The van der Waals surface area contributed by atoms with Crippen molar-refractivity contribution in [3.8, 4) is 17.2 Å². The first-order valence-electron chi connectivity index (χ1n) is 14.9. The third-order valence-electron chi connectivity index (χ3n) is 8.45. The van der Waals surface area contributed by atoms with Crippen LogP contribution in [0, 0.1) is 5.41 Å². The first-order valence-corrected chi connectivity index (χ1v) is 14.9. The van der Waals surface area contributed by atoms with Crippen LogP contribution in [0.2, 0.25) is 0 Å². The highest BCUT2D eigenvalue weighted by Crippen LogP contribution is 2.47. The average molecular weight is 541 g/mol. The van der Waals surface area contributed by atoms with Gasteiger partial charge in [-0.25, -0.2) is 0 Å². The van der Waals surface area contributed by atoms with Crippen LogP contribution >= 0.6 is 0 Å².